The van der Waals surface area contributed by atoms with Gasteiger partial charge in [0.2, 0.25) is 0 Å². The number of rotatable bonds is 4. The van der Waals surface area contributed by atoms with Gasteiger partial charge in [-0.15, -0.1) is 0 Å². The third kappa shape index (κ3) is 3.11. The average molecular weight is 273 g/mol. The molecule has 20 heavy (non-hydrogen) atoms. The van der Waals surface area contributed by atoms with Crippen molar-refractivity contribution in [3.05, 3.63) is 69.6 Å². The number of benzene rings is 1. The van der Waals surface area contributed by atoms with E-state index >= 15 is 0 Å². The number of nitrogens with one attached hydrogen (secondary N) is 1. The fourth-order valence-corrected chi connectivity index (χ4v) is 1.56. The van der Waals surface area contributed by atoms with Gasteiger partial charge in [-0.25, -0.2) is 9.59 Å². The van der Waals surface area contributed by atoms with Crippen LogP contribution in [0.3, 0.4) is 0 Å². The molecule has 0 radical (unpaired) electrons. The highest BCUT2D eigenvalue weighted by Crippen LogP contribution is 2.03. The second-order valence-electron chi connectivity index (χ2n) is 3.99. The number of ether oxygens (including phenoxy) is 1. The number of esters is 1. The van der Waals surface area contributed by atoms with Crippen molar-refractivity contribution in [2.24, 2.45) is 0 Å². The highest BCUT2D eigenvalue weighted by Gasteiger charge is 2.14. The first kappa shape index (κ1) is 13.5. The van der Waals surface area contributed by atoms with Crippen molar-refractivity contribution in [3.8, 4) is 0 Å². The minimum Gasteiger partial charge on any atom is -0.477 e. The maximum Gasteiger partial charge on any atom is 0.352 e. The van der Waals surface area contributed by atoms with E-state index in [9.17, 15) is 14.4 Å². The molecule has 1 aromatic carbocycles. The van der Waals surface area contributed by atoms with Crippen LogP contribution < -0.4 is 5.43 Å². The van der Waals surface area contributed by atoms with Crippen LogP contribution in [0.25, 0.3) is 0 Å². The van der Waals surface area contributed by atoms with Crippen molar-refractivity contribution in [2.75, 3.05) is 0 Å². The van der Waals surface area contributed by atoms with Crippen molar-refractivity contribution >= 4 is 11.9 Å². The van der Waals surface area contributed by atoms with Gasteiger partial charge in [-0.05, 0) is 5.56 Å². The van der Waals surface area contributed by atoms with Crippen LogP contribution in [0.5, 0.6) is 0 Å². The average Bonchev–Trinajstić information content (AvgIpc) is 2.45. The summed E-state index contributed by atoms with van der Waals surface area (Å²) in [5.41, 5.74) is -0.417. The summed E-state index contributed by atoms with van der Waals surface area (Å²) in [6.45, 7) is 0.0415. The van der Waals surface area contributed by atoms with Crippen molar-refractivity contribution in [1.82, 2.24) is 4.98 Å². The smallest absolute Gasteiger partial charge is 0.352 e. The Hall–Kier alpha value is -2.89. The van der Waals surface area contributed by atoms with Gasteiger partial charge in [-0.2, -0.15) is 0 Å². The number of aromatic carboxylic acids is 1. The Morgan fingerprint density at radius 1 is 1.20 bits per heavy atom. The molecule has 2 rings (SSSR count). The van der Waals surface area contributed by atoms with Crippen molar-refractivity contribution in [2.45, 2.75) is 6.61 Å². The number of aromatic amines is 1. The summed E-state index contributed by atoms with van der Waals surface area (Å²) in [4.78, 5) is 36.4. The summed E-state index contributed by atoms with van der Waals surface area (Å²) in [6.07, 6.45) is 1.04. The van der Waals surface area contributed by atoms with Crippen LogP contribution in [0, 0.1) is 0 Å². The van der Waals surface area contributed by atoms with E-state index in [0.717, 1.165) is 17.8 Å². The number of pyridine rings is 1. The fourth-order valence-electron chi connectivity index (χ4n) is 1.56. The third-order valence-corrected chi connectivity index (χ3v) is 2.58. The number of hydrogen-bond donors (Lipinski definition) is 2. The van der Waals surface area contributed by atoms with E-state index in [-0.39, 0.29) is 17.9 Å². The van der Waals surface area contributed by atoms with Gasteiger partial charge in [0.05, 0.1) is 0 Å². The van der Waals surface area contributed by atoms with E-state index in [4.69, 9.17) is 9.84 Å². The van der Waals surface area contributed by atoms with Gasteiger partial charge in [0.15, 0.2) is 5.43 Å². The Labute approximate surface area is 113 Å². The third-order valence-electron chi connectivity index (χ3n) is 2.58. The number of carboxylic acid groups (broad SMARTS) is 1. The molecule has 0 aliphatic heterocycles. The van der Waals surface area contributed by atoms with Gasteiger partial charge in [-0.3, -0.25) is 4.79 Å². The predicted molar refractivity (Wildman–Crippen MR) is 69.6 cm³/mol. The normalized spacial score (nSPS) is 10.0. The van der Waals surface area contributed by atoms with Gasteiger partial charge in [0.25, 0.3) is 0 Å². The second-order valence-corrected chi connectivity index (χ2v) is 3.99. The Bertz CT molecular complexity index is 690. The lowest BCUT2D eigenvalue weighted by Gasteiger charge is -2.04. The molecule has 6 heteroatoms. The topological polar surface area (TPSA) is 96.5 Å². The predicted octanol–water partition coefficient (Wildman–Crippen LogP) is 1.43. The summed E-state index contributed by atoms with van der Waals surface area (Å²) in [7, 11) is 0. The van der Waals surface area contributed by atoms with E-state index in [2.05, 4.69) is 4.98 Å². The molecule has 0 aliphatic carbocycles. The zero-order chi connectivity index (χ0) is 14.5. The van der Waals surface area contributed by atoms with Crippen LogP contribution >= 0.6 is 0 Å². The minimum atomic E-state index is -1.27. The molecular formula is C14H11NO5. The lowest BCUT2D eigenvalue weighted by Crippen LogP contribution is -2.19. The first-order valence-electron chi connectivity index (χ1n) is 5.75. The Morgan fingerprint density at radius 2 is 1.90 bits per heavy atom. The highest BCUT2D eigenvalue weighted by molar-refractivity contribution is 5.90. The number of carbonyl (C=O) groups excluding carboxylic acids is 1. The summed E-state index contributed by atoms with van der Waals surface area (Å²) in [5, 5.41) is 8.70. The zero-order valence-electron chi connectivity index (χ0n) is 10.3. The standard InChI is InChI=1S/C14H11NO5/c16-12-6-11(13(17)18)15-7-10(12)14(19)20-8-9-4-2-1-3-5-9/h1-7H,8H2,(H,15,16)(H,17,18). The first-order valence-corrected chi connectivity index (χ1v) is 5.75. The Morgan fingerprint density at radius 3 is 2.50 bits per heavy atom. The van der Waals surface area contributed by atoms with E-state index in [1.54, 1.807) is 24.3 Å². The number of carboxylic acids is 1. The molecule has 2 aromatic rings. The second kappa shape index (κ2) is 5.83. The molecule has 0 saturated heterocycles. The van der Waals surface area contributed by atoms with Crippen LogP contribution in [0.4, 0.5) is 0 Å². The molecule has 102 valence electrons. The molecular weight excluding hydrogens is 262 g/mol. The quantitative estimate of drug-likeness (QED) is 0.821. The van der Waals surface area contributed by atoms with Crippen LogP contribution in [0.2, 0.25) is 0 Å². The van der Waals surface area contributed by atoms with E-state index in [1.165, 1.54) is 0 Å². The van der Waals surface area contributed by atoms with Crippen LogP contribution in [0.15, 0.2) is 47.4 Å². The summed E-state index contributed by atoms with van der Waals surface area (Å²) >= 11 is 0. The molecule has 0 saturated carbocycles. The lowest BCUT2D eigenvalue weighted by molar-refractivity contribution is 0.0469. The molecule has 0 unspecified atom stereocenters. The van der Waals surface area contributed by atoms with Crippen LogP contribution in [-0.2, 0) is 11.3 Å². The highest BCUT2D eigenvalue weighted by atomic mass is 16.5. The number of H-pyrrole nitrogens is 1. The SMILES string of the molecule is O=C(O)c1cc(=O)c(C(=O)OCc2ccccc2)c[nH]1. The molecule has 1 heterocycles. The van der Waals surface area contributed by atoms with E-state index in [0.29, 0.717) is 0 Å². The number of aromatic nitrogens is 1. The monoisotopic (exact) mass is 273 g/mol. The number of hydrogen-bond acceptors (Lipinski definition) is 4. The van der Waals surface area contributed by atoms with Crippen LogP contribution in [-0.4, -0.2) is 22.0 Å². The summed E-state index contributed by atoms with van der Waals surface area (Å²) in [5.74, 6) is -2.07. The van der Waals surface area contributed by atoms with Crippen molar-refractivity contribution in [3.63, 3.8) is 0 Å². The van der Waals surface area contributed by atoms with Gasteiger partial charge in [0, 0.05) is 12.3 Å². The Kier molecular flexibility index (Phi) is 3.95. The molecule has 0 fully saturated rings. The first-order chi connectivity index (χ1) is 9.58. The summed E-state index contributed by atoms with van der Waals surface area (Å²) in [6, 6.07) is 9.85. The molecule has 0 aliphatic rings. The maximum atomic E-state index is 11.7. The molecule has 0 spiro atoms. The van der Waals surface area contributed by atoms with Crippen LogP contribution in [0.1, 0.15) is 26.4 Å². The Balaban J connectivity index is 2.10. The fraction of sp³-hybridized carbons (Fsp3) is 0.0714. The molecule has 1 aromatic heterocycles. The molecule has 0 amide bonds. The largest absolute Gasteiger partial charge is 0.477 e. The minimum absolute atomic E-state index is 0.0415. The number of carbonyl (C=O) groups is 2. The zero-order valence-corrected chi connectivity index (χ0v) is 10.3. The van der Waals surface area contributed by atoms with Crippen molar-refractivity contribution < 1.29 is 19.4 Å². The molecule has 0 atom stereocenters. The molecule has 0 bridgehead atoms. The molecule has 6 nitrogen and oxygen atoms in total. The van der Waals surface area contributed by atoms with Gasteiger partial charge in [0.1, 0.15) is 17.9 Å². The maximum absolute atomic E-state index is 11.7. The van der Waals surface area contributed by atoms with Gasteiger partial charge >= 0.3 is 11.9 Å². The van der Waals surface area contributed by atoms with Gasteiger partial charge < -0.3 is 14.8 Å². The van der Waals surface area contributed by atoms with Crippen molar-refractivity contribution in [1.29, 1.82) is 0 Å². The van der Waals surface area contributed by atoms with Gasteiger partial charge in [-0.1, -0.05) is 30.3 Å². The van der Waals surface area contributed by atoms with E-state index in [1.807, 2.05) is 6.07 Å². The summed E-state index contributed by atoms with van der Waals surface area (Å²) < 4.78 is 4.99. The lowest BCUT2D eigenvalue weighted by atomic mass is 10.2. The van der Waals surface area contributed by atoms with E-state index < -0.39 is 17.4 Å². The molecule has 2 N–H and O–H groups in total.